The van der Waals surface area contributed by atoms with E-state index in [1.807, 2.05) is 69.6 Å². The quantitative estimate of drug-likeness (QED) is 0.468. The molecule has 0 atom stereocenters. The number of hydrogen-bond acceptors (Lipinski definition) is 6. The second-order valence-electron chi connectivity index (χ2n) is 7.64. The van der Waals surface area contributed by atoms with E-state index in [-0.39, 0.29) is 5.91 Å². The maximum absolute atomic E-state index is 13.7. The van der Waals surface area contributed by atoms with Crippen molar-refractivity contribution in [3.63, 3.8) is 0 Å². The molecule has 0 bridgehead atoms. The van der Waals surface area contributed by atoms with Gasteiger partial charge in [0.1, 0.15) is 11.4 Å². The lowest BCUT2D eigenvalue weighted by Gasteiger charge is -2.21. The monoisotopic (exact) mass is 418 g/mol. The van der Waals surface area contributed by atoms with E-state index in [4.69, 9.17) is 9.61 Å². The average molecular weight is 419 g/mol. The number of carbonyl (C=O) groups excluding carboxylic acids is 1. The van der Waals surface area contributed by atoms with Gasteiger partial charge in [-0.1, -0.05) is 40.1 Å². The number of amides is 1. The number of rotatable bonds is 6. The topological polar surface area (TPSA) is 89.9 Å². The number of carbonyl (C=O) groups is 1. The molecule has 0 aliphatic rings. The highest BCUT2D eigenvalue weighted by atomic mass is 16.6. The summed E-state index contributed by atoms with van der Waals surface area (Å²) in [7, 11) is 0. The first-order chi connectivity index (χ1) is 14.9. The Morgan fingerprint density at radius 3 is 2.42 bits per heavy atom. The lowest BCUT2D eigenvalue weighted by molar-refractivity contribution is 0.0750. The SMILES string of the molecule is CCN(Cc1nonc1C)C(=O)c1cc(-c2ccc(C)cc2)nc2c1c(C)nn2CC. The molecule has 0 fully saturated rings. The van der Waals surface area contributed by atoms with Crippen LogP contribution in [-0.4, -0.2) is 42.4 Å². The first-order valence-electron chi connectivity index (χ1n) is 10.4. The molecule has 8 heteroatoms. The van der Waals surface area contributed by atoms with Gasteiger partial charge in [0.05, 0.1) is 28.9 Å². The van der Waals surface area contributed by atoms with Crippen molar-refractivity contribution in [2.75, 3.05) is 6.54 Å². The Bertz CT molecular complexity index is 1240. The van der Waals surface area contributed by atoms with Gasteiger partial charge in [0.15, 0.2) is 5.65 Å². The summed E-state index contributed by atoms with van der Waals surface area (Å²) in [5.41, 5.74) is 6.32. The first-order valence-corrected chi connectivity index (χ1v) is 10.4. The van der Waals surface area contributed by atoms with Crippen molar-refractivity contribution in [3.05, 3.63) is 58.5 Å². The van der Waals surface area contributed by atoms with Crippen LogP contribution in [0.4, 0.5) is 0 Å². The smallest absolute Gasteiger partial charge is 0.255 e. The minimum Gasteiger partial charge on any atom is -0.333 e. The van der Waals surface area contributed by atoms with Gasteiger partial charge in [0, 0.05) is 18.7 Å². The normalized spacial score (nSPS) is 11.3. The Kier molecular flexibility index (Phi) is 5.54. The van der Waals surface area contributed by atoms with Crippen molar-refractivity contribution >= 4 is 16.9 Å². The molecule has 31 heavy (non-hydrogen) atoms. The molecule has 3 heterocycles. The van der Waals surface area contributed by atoms with Gasteiger partial charge in [-0.2, -0.15) is 5.10 Å². The second kappa shape index (κ2) is 8.29. The van der Waals surface area contributed by atoms with Crippen LogP contribution in [-0.2, 0) is 13.1 Å². The molecular formula is C23H26N6O2. The Morgan fingerprint density at radius 2 is 1.81 bits per heavy atom. The van der Waals surface area contributed by atoms with Crippen LogP contribution >= 0.6 is 0 Å². The molecule has 1 aromatic carbocycles. The van der Waals surface area contributed by atoms with Gasteiger partial charge >= 0.3 is 0 Å². The van der Waals surface area contributed by atoms with Gasteiger partial charge in [-0.25, -0.2) is 14.3 Å². The van der Waals surface area contributed by atoms with E-state index in [2.05, 4.69) is 15.4 Å². The summed E-state index contributed by atoms with van der Waals surface area (Å²) in [4.78, 5) is 20.3. The largest absolute Gasteiger partial charge is 0.333 e. The summed E-state index contributed by atoms with van der Waals surface area (Å²) in [6.07, 6.45) is 0. The molecular weight excluding hydrogens is 392 g/mol. The van der Waals surface area contributed by atoms with Gasteiger partial charge in [0.25, 0.3) is 5.91 Å². The highest BCUT2D eigenvalue weighted by molar-refractivity contribution is 6.07. The van der Waals surface area contributed by atoms with Crippen molar-refractivity contribution < 1.29 is 9.42 Å². The number of fused-ring (bicyclic) bond motifs is 1. The van der Waals surface area contributed by atoms with E-state index in [0.29, 0.717) is 36.6 Å². The fourth-order valence-electron chi connectivity index (χ4n) is 3.69. The molecule has 0 saturated heterocycles. The molecule has 1 amide bonds. The molecule has 0 aliphatic heterocycles. The molecule has 4 aromatic rings. The molecule has 8 nitrogen and oxygen atoms in total. The van der Waals surface area contributed by atoms with Crippen LogP contribution in [0.15, 0.2) is 35.0 Å². The number of nitrogens with zero attached hydrogens (tertiary/aromatic N) is 6. The first kappa shape index (κ1) is 20.7. The van der Waals surface area contributed by atoms with E-state index < -0.39 is 0 Å². The van der Waals surface area contributed by atoms with Crippen molar-refractivity contribution in [1.29, 1.82) is 0 Å². The number of hydrogen-bond donors (Lipinski definition) is 0. The van der Waals surface area contributed by atoms with Crippen LogP contribution in [0.2, 0.25) is 0 Å². The van der Waals surface area contributed by atoms with E-state index in [0.717, 1.165) is 28.0 Å². The zero-order chi connectivity index (χ0) is 22.1. The minimum atomic E-state index is -0.0931. The van der Waals surface area contributed by atoms with Crippen molar-refractivity contribution in [3.8, 4) is 11.3 Å². The fourth-order valence-corrected chi connectivity index (χ4v) is 3.69. The van der Waals surface area contributed by atoms with Crippen LogP contribution in [0.1, 0.15) is 46.9 Å². The number of aryl methyl sites for hydroxylation is 4. The molecule has 0 radical (unpaired) electrons. The fraction of sp³-hybridized carbons (Fsp3) is 0.348. The highest BCUT2D eigenvalue weighted by Gasteiger charge is 2.24. The number of pyridine rings is 1. The predicted octanol–water partition coefficient (Wildman–Crippen LogP) is 4.09. The lowest BCUT2D eigenvalue weighted by atomic mass is 10.0. The highest BCUT2D eigenvalue weighted by Crippen LogP contribution is 2.28. The summed E-state index contributed by atoms with van der Waals surface area (Å²) in [6.45, 7) is 11.3. The van der Waals surface area contributed by atoms with E-state index in [9.17, 15) is 4.79 Å². The Hall–Kier alpha value is -3.55. The van der Waals surface area contributed by atoms with E-state index >= 15 is 0 Å². The predicted molar refractivity (Wildman–Crippen MR) is 118 cm³/mol. The zero-order valence-corrected chi connectivity index (χ0v) is 18.5. The van der Waals surface area contributed by atoms with Crippen LogP contribution in [0.25, 0.3) is 22.3 Å². The van der Waals surface area contributed by atoms with E-state index in [1.54, 1.807) is 4.90 Å². The van der Waals surface area contributed by atoms with Gasteiger partial charge in [-0.05, 0) is 40.7 Å². The number of benzene rings is 1. The summed E-state index contributed by atoms with van der Waals surface area (Å²) < 4.78 is 6.66. The summed E-state index contributed by atoms with van der Waals surface area (Å²) >= 11 is 0. The third kappa shape index (κ3) is 3.81. The van der Waals surface area contributed by atoms with Crippen molar-refractivity contribution in [2.24, 2.45) is 0 Å². The standard InChI is InChI=1S/C23H26N6O2/c1-6-28(13-20-15(4)26-31-27-20)23(30)18-12-19(17-10-8-14(3)9-11-17)24-22-21(18)16(5)25-29(22)7-2/h8-12H,6-7,13H2,1-5H3. The average Bonchev–Trinajstić information content (AvgIpc) is 3.33. The molecule has 3 aromatic heterocycles. The molecule has 160 valence electrons. The molecule has 0 aliphatic carbocycles. The minimum absolute atomic E-state index is 0.0931. The van der Waals surface area contributed by atoms with Crippen molar-refractivity contribution in [1.82, 2.24) is 30.0 Å². The maximum Gasteiger partial charge on any atom is 0.255 e. The lowest BCUT2D eigenvalue weighted by Crippen LogP contribution is -2.31. The van der Waals surface area contributed by atoms with Gasteiger partial charge in [0.2, 0.25) is 0 Å². The van der Waals surface area contributed by atoms with Crippen LogP contribution in [0.3, 0.4) is 0 Å². The van der Waals surface area contributed by atoms with Crippen LogP contribution < -0.4 is 0 Å². The van der Waals surface area contributed by atoms with Crippen LogP contribution in [0, 0.1) is 20.8 Å². The van der Waals surface area contributed by atoms with Gasteiger partial charge in [-0.15, -0.1) is 0 Å². The zero-order valence-electron chi connectivity index (χ0n) is 18.5. The summed E-state index contributed by atoms with van der Waals surface area (Å²) in [5.74, 6) is -0.0931. The Labute approximate surface area is 180 Å². The van der Waals surface area contributed by atoms with Gasteiger partial charge < -0.3 is 4.90 Å². The molecule has 0 saturated carbocycles. The maximum atomic E-state index is 13.7. The summed E-state index contributed by atoms with van der Waals surface area (Å²) in [5, 5.41) is 13.2. The third-order valence-electron chi connectivity index (χ3n) is 5.51. The molecule has 4 rings (SSSR count). The Balaban J connectivity index is 1.86. The summed E-state index contributed by atoms with van der Waals surface area (Å²) in [6, 6.07) is 10.0. The third-order valence-corrected chi connectivity index (χ3v) is 5.51. The second-order valence-corrected chi connectivity index (χ2v) is 7.64. The van der Waals surface area contributed by atoms with Crippen LogP contribution in [0.5, 0.6) is 0 Å². The molecule has 0 spiro atoms. The molecule has 0 N–H and O–H groups in total. The van der Waals surface area contributed by atoms with E-state index in [1.165, 1.54) is 5.56 Å². The Morgan fingerprint density at radius 1 is 1.06 bits per heavy atom. The van der Waals surface area contributed by atoms with Gasteiger partial charge in [-0.3, -0.25) is 4.79 Å². The number of aromatic nitrogens is 5. The van der Waals surface area contributed by atoms with Crippen molar-refractivity contribution in [2.45, 2.75) is 47.7 Å². The molecule has 0 unspecified atom stereocenters.